The Morgan fingerprint density at radius 1 is 1.30 bits per heavy atom. The van der Waals surface area contributed by atoms with Gasteiger partial charge in [0.2, 0.25) is 0 Å². The number of aromatic nitrogens is 1. The van der Waals surface area contributed by atoms with Crippen LogP contribution in [0.2, 0.25) is 5.02 Å². The van der Waals surface area contributed by atoms with Gasteiger partial charge in [-0.3, -0.25) is 0 Å². The van der Waals surface area contributed by atoms with Gasteiger partial charge in [0.1, 0.15) is 0 Å². The maximum absolute atomic E-state index is 10.2. The average Bonchev–Trinajstić information content (AvgIpc) is 2.72. The second-order valence-electron chi connectivity index (χ2n) is 5.48. The zero-order valence-corrected chi connectivity index (χ0v) is 13.9. The summed E-state index contributed by atoms with van der Waals surface area (Å²) in [5, 5.41) is 10.9. The molecular formula is C16H17BrClNO. The van der Waals surface area contributed by atoms with Crippen LogP contribution in [0.1, 0.15) is 41.5 Å². The monoisotopic (exact) mass is 353 g/mol. The Morgan fingerprint density at radius 2 is 2.05 bits per heavy atom. The van der Waals surface area contributed by atoms with Crippen LogP contribution in [0.3, 0.4) is 0 Å². The van der Waals surface area contributed by atoms with E-state index < -0.39 is 0 Å². The Morgan fingerprint density at radius 3 is 2.80 bits per heavy atom. The van der Waals surface area contributed by atoms with Gasteiger partial charge in [-0.15, -0.1) is 0 Å². The van der Waals surface area contributed by atoms with Gasteiger partial charge in [0.25, 0.3) is 0 Å². The average molecular weight is 355 g/mol. The molecule has 1 unspecified atom stereocenters. The lowest BCUT2D eigenvalue weighted by atomic mass is 9.95. The maximum Gasteiger partial charge on any atom is 0.0807 e. The highest BCUT2D eigenvalue weighted by Gasteiger charge is 2.24. The third-order valence-corrected chi connectivity index (χ3v) is 5.08. The molecule has 0 saturated carbocycles. The van der Waals surface area contributed by atoms with E-state index in [2.05, 4.69) is 33.5 Å². The second-order valence-corrected chi connectivity index (χ2v) is 6.75. The van der Waals surface area contributed by atoms with Gasteiger partial charge in [0, 0.05) is 26.4 Å². The molecule has 2 nitrogen and oxygen atoms in total. The molecule has 0 spiro atoms. The summed E-state index contributed by atoms with van der Waals surface area (Å²) in [4.78, 5) is 0. The van der Waals surface area contributed by atoms with Crippen molar-refractivity contribution in [1.29, 1.82) is 0 Å². The van der Waals surface area contributed by atoms with E-state index in [0.29, 0.717) is 0 Å². The minimum Gasteiger partial charge on any atom is -0.388 e. The number of rotatable bonds is 1. The fourth-order valence-corrected chi connectivity index (χ4v) is 3.81. The normalized spacial score (nSPS) is 18.1. The van der Waals surface area contributed by atoms with Gasteiger partial charge >= 0.3 is 0 Å². The summed E-state index contributed by atoms with van der Waals surface area (Å²) in [6.45, 7) is 4.07. The fraction of sp³-hybridized carbons (Fsp3) is 0.375. The Kier molecular flexibility index (Phi) is 3.69. The van der Waals surface area contributed by atoms with Gasteiger partial charge in [-0.25, -0.2) is 0 Å². The highest BCUT2D eigenvalue weighted by Crippen LogP contribution is 2.37. The molecule has 3 rings (SSSR count). The SMILES string of the molecule is Cc1cc(Br)c(-n2c(C)cc3c2CCCC3O)cc1Cl. The molecule has 2 aromatic rings. The van der Waals surface area contributed by atoms with Crippen LogP contribution in [-0.4, -0.2) is 9.67 Å². The lowest BCUT2D eigenvalue weighted by molar-refractivity contribution is 0.156. The van der Waals surface area contributed by atoms with Gasteiger partial charge < -0.3 is 9.67 Å². The van der Waals surface area contributed by atoms with E-state index in [0.717, 1.165) is 51.3 Å². The van der Waals surface area contributed by atoms with Gasteiger partial charge in [-0.1, -0.05) is 11.6 Å². The van der Waals surface area contributed by atoms with Gasteiger partial charge in [-0.2, -0.15) is 0 Å². The van der Waals surface area contributed by atoms with Crippen LogP contribution >= 0.6 is 27.5 Å². The van der Waals surface area contributed by atoms with Gasteiger partial charge in [0.05, 0.1) is 11.8 Å². The van der Waals surface area contributed by atoms with Crippen LogP contribution in [0, 0.1) is 13.8 Å². The van der Waals surface area contributed by atoms with Crippen LogP contribution < -0.4 is 0 Å². The van der Waals surface area contributed by atoms with Crippen molar-refractivity contribution in [2.24, 2.45) is 0 Å². The third kappa shape index (κ3) is 2.22. The van der Waals surface area contributed by atoms with E-state index in [1.54, 1.807) is 0 Å². The van der Waals surface area contributed by atoms with Crippen molar-refractivity contribution in [1.82, 2.24) is 4.57 Å². The van der Waals surface area contributed by atoms with Crippen molar-refractivity contribution in [2.45, 2.75) is 39.2 Å². The molecule has 1 aliphatic rings. The number of aliphatic hydroxyl groups excluding tert-OH is 1. The van der Waals surface area contributed by atoms with Crippen LogP contribution in [0.25, 0.3) is 5.69 Å². The number of hydrogen-bond donors (Lipinski definition) is 1. The predicted octanol–water partition coefficient (Wildman–Crippen LogP) is 4.88. The predicted molar refractivity (Wildman–Crippen MR) is 85.9 cm³/mol. The molecule has 20 heavy (non-hydrogen) atoms. The zero-order chi connectivity index (χ0) is 14.4. The minimum atomic E-state index is -0.335. The highest BCUT2D eigenvalue weighted by atomic mass is 79.9. The summed E-state index contributed by atoms with van der Waals surface area (Å²) < 4.78 is 3.24. The highest BCUT2D eigenvalue weighted by molar-refractivity contribution is 9.10. The summed E-state index contributed by atoms with van der Waals surface area (Å²) in [6.07, 6.45) is 2.54. The molecule has 1 atom stereocenters. The summed E-state index contributed by atoms with van der Waals surface area (Å²) >= 11 is 9.92. The molecule has 0 fully saturated rings. The van der Waals surface area contributed by atoms with Gasteiger partial charge in [0.15, 0.2) is 0 Å². The Bertz CT molecular complexity index is 678. The Balaban J connectivity index is 2.23. The van der Waals surface area contributed by atoms with E-state index in [1.807, 2.05) is 19.1 Å². The van der Waals surface area contributed by atoms with Crippen molar-refractivity contribution in [3.63, 3.8) is 0 Å². The van der Waals surface area contributed by atoms with Crippen molar-refractivity contribution in [3.8, 4) is 5.69 Å². The molecule has 0 saturated heterocycles. The number of halogens is 2. The largest absolute Gasteiger partial charge is 0.388 e. The van der Waals surface area contributed by atoms with Gasteiger partial charge in [-0.05, 0) is 72.8 Å². The van der Waals surface area contributed by atoms with E-state index in [1.165, 1.54) is 5.69 Å². The molecule has 0 radical (unpaired) electrons. The smallest absolute Gasteiger partial charge is 0.0807 e. The molecule has 4 heteroatoms. The van der Waals surface area contributed by atoms with Crippen LogP contribution in [0.5, 0.6) is 0 Å². The van der Waals surface area contributed by atoms with Crippen molar-refractivity contribution >= 4 is 27.5 Å². The number of aryl methyl sites for hydroxylation is 2. The van der Waals surface area contributed by atoms with E-state index >= 15 is 0 Å². The zero-order valence-electron chi connectivity index (χ0n) is 11.6. The van der Waals surface area contributed by atoms with E-state index in [9.17, 15) is 5.11 Å². The molecule has 0 aliphatic heterocycles. The summed E-state index contributed by atoms with van der Waals surface area (Å²) in [5.41, 5.74) is 5.52. The number of benzene rings is 1. The topological polar surface area (TPSA) is 25.2 Å². The number of hydrogen-bond acceptors (Lipinski definition) is 1. The Hall–Kier alpha value is -0.770. The lowest BCUT2D eigenvalue weighted by Gasteiger charge is -2.21. The molecule has 106 valence electrons. The number of aliphatic hydroxyl groups is 1. The van der Waals surface area contributed by atoms with Crippen LogP contribution in [0.15, 0.2) is 22.7 Å². The molecule has 0 bridgehead atoms. The molecule has 1 aliphatic carbocycles. The molecule has 1 N–H and O–H groups in total. The quantitative estimate of drug-likeness (QED) is 0.776. The van der Waals surface area contributed by atoms with Crippen LogP contribution in [-0.2, 0) is 6.42 Å². The Labute approximate surface area is 132 Å². The lowest BCUT2D eigenvalue weighted by Crippen LogP contribution is -2.12. The standard InChI is InChI=1S/C16H17BrClNO/c1-9-6-12(17)15(8-13(9)18)19-10(2)7-11-14(19)4-3-5-16(11)20/h6-8,16,20H,3-5H2,1-2H3. The van der Waals surface area contributed by atoms with Crippen molar-refractivity contribution in [3.05, 3.63) is 50.2 Å². The summed E-state index contributed by atoms with van der Waals surface area (Å²) in [5.74, 6) is 0. The summed E-state index contributed by atoms with van der Waals surface area (Å²) in [7, 11) is 0. The molecule has 1 aromatic heterocycles. The van der Waals surface area contributed by atoms with E-state index in [4.69, 9.17) is 11.6 Å². The maximum atomic E-state index is 10.2. The first kappa shape index (κ1) is 14.2. The number of nitrogens with zero attached hydrogens (tertiary/aromatic N) is 1. The van der Waals surface area contributed by atoms with Crippen LogP contribution in [0.4, 0.5) is 0 Å². The molecule has 1 aromatic carbocycles. The minimum absolute atomic E-state index is 0.335. The fourth-order valence-electron chi connectivity index (χ4n) is 3.02. The molecular weight excluding hydrogens is 338 g/mol. The second kappa shape index (κ2) is 5.21. The molecule has 0 amide bonds. The first-order valence-corrected chi connectivity index (χ1v) is 8.01. The first-order chi connectivity index (χ1) is 9.49. The third-order valence-electron chi connectivity index (χ3n) is 4.04. The first-order valence-electron chi connectivity index (χ1n) is 6.84. The number of fused-ring (bicyclic) bond motifs is 1. The summed E-state index contributed by atoms with van der Waals surface area (Å²) in [6, 6.07) is 6.14. The van der Waals surface area contributed by atoms with E-state index in [-0.39, 0.29) is 6.10 Å². The molecule has 1 heterocycles. The van der Waals surface area contributed by atoms with Crippen molar-refractivity contribution in [2.75, 3.05) is 0 Å². The van der Waals surface area contributed by atoms with Crippen molar-refractivity contribution < 1.29 is 5.11 Å².